The molecule has 1 aliphatic carbocycles. The highest BCUT2D eigenvalue weighted by molar-refractivity contribution is 6.01. The summed E-state index contributed by atoms with van der Waals surface area (Å²) < 4.78 is 0. The second-order valence-electron chi connectivity index (χ2n) is 8.22. The van der Waals surface area contributed by atoms with Crippen molar-refractivity contribution < 1.29 is 9.90 Å². The van der Waals surface area contributed by atoms with Crippen LogP contribution in [0.3, 0.4) is 0 Å². The van der Waals surface area contributed by atoms with Gasteiger partial charge in [0.25, 0.3) is 5.91 Å². The van der Waals surface area contributed by atoms with Gasteiger partial charge < -0.3 is 15.7 Å². The Morgan fingerprint density at radius 3 is 2.87 bits per heavy atom. The number of fused-ring (bicyclic) bond motifs is 4. The molecule has 3 atom stereocenters. The summed E-state index contributed by atoms with van der Waals surface area (Å²) in [6, 6.07) is 17.8. The molecule has 4 nitrogen and oxygen atoms in total. The summed E-state index contributed by atoms with van der Waals surface area (Å²) in [6.45, 7) is 2.70. The van der Waals surface area contributed by atoms with Gasteiger partial charge in [-0.3, -0.25) is 4.79 Å². The fraction of sp³-hybridized carbons (Fsp3) is 0.269. The maximum Gasteiger partial charge on any atom is 0.253 e. The molecule has 0 spiro atoms. The van der Waals surface area contributed by atoms with Crippen molar-refractivity contribution in [3.63, 3.8) is 0 Å². The number of phenolic OH excluding ortho intramolecular Hbond substituents is 1. The third kappa shape index (κ3) is 2.95. The fourth-order valence-electron chi connectivity index (χ4n) is 5.04. The van der Waals surface area contributed by atoms with Gasteiger partial charge >= 0.3 is 0 Å². The zero-order valence-corrected chi connectivity index (χ0v) is 17.1. The maximum atomic E-state index is 12.9. The van der Waals surface area contributed by atoms with Crippen molar-refractivity contribution in [2.45, 2.75) is 31.7 Å². The second-order valence-corrected chi connectivity index (χ2v) is 8.22. The van der Waals surface area contributed by atoms with Crippen LogP contribution >= 0.6 is 0 Å². The third-order valence-electron chi connectivity index (χ3n) is 6.44. The number of phenols is 1. The van der Waals surface area contributed by atoms with Crippen molar-refractivity contribution in [3.8, 4) is 5.75 Å². The van der Waals surface area contributed by atoms with Gasteiger partial charge in [-0.2, -0.15) is 0 Å². The standard InChI is InChI=1S/C26H26N2O2/c1-2-15-27-26(30)21-12-6-10-19-18-9-5-11-20(18)25(28-24(19)21)23-17-8-4-3-7-16(17)13-14-22(23)29/h3-10,12-14,18,20,25,28-29H,2,11,15H2,1H3,(H,27,30). The lowest BCUT2D eigenvalue weighted by molar-refractivity contribution is 0.0954. The monoisotopic (exact) mass is 398 g/mol. The topological polar surface area (TPSA) is 61.4 Å². The summed E-state index contributed by atoms with van der Waals surface area (Å²) in [6.07, 6.45) is 6.32. The summed E-state index contributed by atoms with van der Waals surface area (Å²) in [7, 11) is 0. The zero-order valence-electron chi connectivity index (χ0n) is 17.1. The van der Waals surface area contributed by atoms with Crippen LogP contribution in [0.5, 0.6) is 5.75 Å². The summed E-state index contributed by atoms with van der Waals surface area (Å²) >= 11 is 0. The smallest absolute Gasteiger partial charge is 0.253 e. The number of rotatable bonds is 4. The number of hydrogen-bond donors (Lipinski definition) is 3. The van der Waals surface area contributed by atoms with Crippen LogP contribution < -0.4 is 10.6 Å². The Balaban J connectivity index is 1.65. The minimum absolute atomic E-state index is 0.0532. The largest absolute Gasteiger partial charge is 0.508 e. The molecule has 4 heteroatoms. The van der Waals surface area contributed by atoms with Crippen molar-refractivity contribution in [3.05, 3.63) is 83.4 Å². The maximum absolute atomic E-state index is 12.9. The van der Waals surface area contributed by atoms with E-state index in [9.17, 15) is 9.90 Å². The molecule has 1 aliphatic heterocycles. The van der Waals surface area contributed by atoms with Crippen LogP contribution in [0, 0.1) is 5.92 Å². The summed E-state index contributed by atoms with van der Waals surface area (Å²) in [5, 5.41) is 19.7. The van der Waals surface area contributed by atoms with E-state index < -0.39 is 0 Å². The Morgan fingerprint density at radius 1 is 1.13 bits per heavy atom. The molecule has 0 radical (unpaired) electrons. The van der Waals surface area contributed by atoms with Gasteiger partial charge in [0.15, 0.2) is 0 Å². The summed E-state index contributed by atoms with van der Waals surface area (Å²) in [5.41, 5.74) is 3.63. The predicted octanol–water partition coefficient (Wildman–Crippen LogP) is 5.51. The summed E-state index contributed by atoms with van der Waals surface area (Å²) in [4.78, 5) is 12.9. The number of aromatic hydroxyl groups is 1. The van der Waals surface area contributed by atoms with Crippen LogP contribution in [0.4, 0.5) is 5.69 Å². The van der Waals surface area contributed by atoms with Crippen molar-refractivity contribution in [1.82, 2.24) is 5.32 Å². The molecule has 30 heavy (non-hydrogen) atoms. The number of anilines is 1. The van der Waals surface area contributed by atoms with Crippen molar-refractivity contribution in [2.75, 3.05) is 11.9 Å². The second kappa shape index (κ2) is 7.52. The molecule has 0 saturated heterocycles. The van der Waals surface area contributed by atoms with Crippen LogP contribution in [-0.2, 0) is 0 Å². The molecular weight excluding hydrogens is 372 g/mol. The fourth-order valence-corrected chi connectivity index (χ4v) is 5.04. The van der Waals surface area contributed by atoms with E-state index in [4.69, 9.17) is 0 Å². The summed E-state index contributed by atoms with van der Waals surface area (Å²) in [5.74, 6) is 0.766. The highest BCUT2D eigenvalue weighted by Crippen LogP contribution is 2.52. The van der Waals surface area contributed by atoms with Gasteiger partial charge in [0.2, 0.25) is 0 Å². The quantitative estimate of drug-likeness (QED) is 0.508. The Bertz CT molecular complexity index is 1150. The Kier molecular flexibility index (Phi) is 4.70. The van der Waals surface area contributed by atoms with Gasteiger partial charge in [0.05, 0.1) is 17.3 Å². The first-order chi connectivity index (χ1) is 14.7. The van der Waals surface area contributed by atoms with Crippen LogP contribution in [0.25, 0.3) is 10.8 Å². The number of benzene rings is 3. The molecule has 0 fully saturated rings. The zero-order chi connectivity index (χ0) is 20.7. The molecular formula is C26H26N2O2. The normalized spacial score (nSPS) is 21.7. The SMILES string of the molecule is CCCNC(=O)c1cccc2c1NC(c1c(O)ccc3ccccc13)C1CC=CC21. The van der Waals surface area contributed by atoms with E-state index in [2.05, 4.69) is 41.0 Å². The molecule has 0 saturated carbocycles. The van der Waals surface area contributed by atoms with E-state index in [1.165, 1.54) is 0 Å². The number of amides is 1. The van der Waals surface area contributed by atoms with Crippen molar-refractivity contribution in [1.29, 1.82) is 0 Å². The van der Waals surface area contributed by atoms with Crippen molar-refractivity contribution in [2.24, 2.45) is 5.92 Å². The number of para-hydroxylation sites is 1. The molecule has 2 aliphatic rings. The first-order valence-electron chi connectivity index (χ1n) is 10.7. The number of hydrogen-bond acceptors (Lipinski definition) is 3. The lowest BCUT2D eigenvalue weighted by Gasteiger charge is -2.39. The minimum atomic E-state index is -0.0799. The molecule has 3 N–H and O–H groups in total. The van der Waals surface area contributed by atoms with Gasteiger partial charge in [-0.05, 0) is 47.2 Å². The van der Waals surface area contributed by atoms with E-state index in [1.54, 1.807) is 6.07 Å². The van der Waals surface area contributed by atoms with Crippen LogP contribution in [0.2, 0.25) is 0 Å². The molecule has 152 valence electrons. The highest BCUT2D eigenvalue weighted by atomic mass is 16.3. The number of nitrogens with one attached hydrogen (secondary N) is 2. The molecule has 1 heterocycles. The Morgan fingerprint density at radius 2 is 2.00 bits per heavy atom. The highest BCUT2D eigenvalue weighted by Gasteiger charge is 2.40. The van der Waals surface area contributed by atoms with Crippen LogP contribution in [0.15, 0.2) is 66.7 Å². The van der Waals surface area contributed by atoms with Crippen LogP contribution in [0.1, 0.15) is 53.2 Å². The van der Waals surface area contributed by atoms with Crippen molar-refractivity contribution >= 4 is 22.4 Å². The molecule has 3 aromatic rings. The van der Waals surface area contributed by atoms with E-state index >= 15 is 0 Å². The van der Waals surface area contributed by atoms with E-state index in [0.717, 1.165) is 40.4 Å². The lowest BCUT2D eigenvalue weighted by atomic mass is 9.75. The average molecular weight is 399 g/mol. The lowest BCUT2D eigenvalue weighted by Crippen LogP contribution is -2.32. The molecule has 0 aromatic heterocycles. The third-order valence-corrected chi connectivity index (χ3v) is 6.44. The van der Waals surface area contributed by atoms with Gasteiger partial charge in [-0.15, -0.1) is 0 Å². The van der Waals surface area contributed by atoms with Gasteiger partial charge in [0, 0.05) is 18.0 Å². The first-order valence-corrected chi connectivity index (χ1v) is 10.7. The van der Waals surface area contributed by atoms with Gasteiger partial charge in [-0.25, -0.2) is 0 Å². The Labute approximate surface area is 176 Å². The van der Waals surface area contributed by atoms with E-state index in [1.807, 2.05) is 37.3 Å². The average Bonchev–Trinajstić information content (AvgIpc) is 3.27. The molecule has 5 rings (SSSR count). The molecule has 1 amide bonds. The van der Waals surface area contributed by atoms with Gasteiger partial charge in [-0.1, -0.05) is 61.5 Å². The predicted molar refractivity (Wildman–Crippen MR) is 121 cm³/mol. The minimum Gasteiger partial charge on any atom is -0.508 e. The number of carbonyl (C=O) groups is 1. The van der Waals surface area contributed by atoms with Gasteiger partial charge in [0.1, 0.15) is 5.75 Å². The van der Waals surface area contributed by atoms with E-state index in [-0.39, 0.29) is 17.9 Å². The van der Waals surface area contributed by atoms with E-state index in [0.29, 0.717) is 23.8 Å². The molecule has 3 aromatic carbocycles. The first kappa shape index (κ1) is 18.7. The molecule has 3 unspecified atom stereocenters. The Hall–Kier alpha value is -3.27. The van der Waals surface area contributed by atoms with Crippen LogP contribution in [-0.4, -0.2) is 17.6 Å². The molecule has 0 bridgehead atoms. The number of allylic oxidation sites excluding steroid dienone is 2. The number of carbonyl (C=O) groups excluding carboxylic acids is 1.